The van der Waals surface area contributed by atoms with E-state index in [0.717, 1.165) is 5.56 Å². The maximum absolute atomic E-state index is 11.5. The zero-order chi connectivity index (χ0) is 11.4. The molecule has 82 valence electrons. The summed E-state index contributed by atoms with van der Waals surface area (Å²) >= 11 is 0. The molecular weight excluding hydrogens is 198 g/mol. The van der Waals surface area contributed by atoms with E-state index in [2.05, 4.69) is 10.1 Å². The van der Waals surface area contributed by atoms with Gasteiger partial charge in [0, 0.05) is 5.56 Å². The second kappa shape index (κ2) is 4.63. The first kappa shape index (κ1) is 11.3. The van der Waals surface area contributed by atoms with E-state index in [1.807, 2.05) is 0 Å². The highest BCUT2D eigenvalue weighted by Gasteiger charge is 2.19. The summed E-state index contributed by atoms with van der Waals surface area (Å²) in [6.07, 6.45) is 1.42. The van der Waals surface area contributed by atoms with Crippen molar-refractivity contribution in [3.63, 3.8) is 0 Å². The molecule has 5 nitrogen and oxygen atoms in total. The van der Waals surface area contributed by atoms with Crippen molar-refractivity contribution in [2.24, 2.45) is 0 Å². The topological polar surface area (TPSA) is 68.5 Å². The van der Waals surface area contributed by atoms with Gasteiger partial charge in [0.2, 0.25) is 0 Å². The number of nitrogens with one attached hydrogen (secondary N) is 1. The molecule has 1 heterocycles. The van der Waals surface area contributed by atoms with Gasteiger partial charge in [-0.25, -0.2) is 4.79 Å². The number of carbonyl (C=O) groups is 2. The van der Waals surface area contributed by atoms with Gasteiger partial charge >= 0.3 is 5.97 Å². The molecular formula is C10H13NO4. The molecule has 0 radical (unpaired) electrons. The largest absolute Gasteiger partial charge is 0.467 e. The van der Waals surface area contributed by atoms with Gasteiger partial charge in [0.05, 0.1) is 13.4 Å². The lowest BCUT2D eigenvalue weighted by molar-refractivity contribution is -0.142. The molecule has 0 saturated heterocycles. The van der Waals surface area contributed by atoms with Gasteiger partial charge in [0.15, 0.2) is 5.76 Å². The van der Waals surface area contributed by atoms with E-state index in [1.54, 1.807) is 19.9 Å². The maximum atomic E-state index is 11.5. The highest BCUT2D eigenvalue weighted by atomic mass is 16.5. The van der Waals surface area contributed by atoms with E-state index in [4.69, 9.17) is 4.42 Å². The second-order valence-electron chi connectivity index (χ2n) is 3.15. The number of ether oxygens (including phenoxy) is 1. The van der Waals surface area contributed by atoms with E-state index < -0.39 is 17.9 Å². The number of hydrogen-bond donors (Lipinski definition) is 1. The van der Waals surface area contributed by atoms with E-state index in [1.165, 1.54) is 13.4 Å². The number of esters is 1. The van der Waals surface area contributed by atoms with E-state index in [9.17, 15) is 9.59 Å². The Morgan fingerprint density at radius 1 is 1.53 bits per heavy atom. The quantitative estimate of drug-likeness (QED) is 0.753. The molecule has 5 heteroatoms. The Bertz CT molecular complexity index is 369. The number of furan rings is 1. The van der Waals surface area contributed by atoms with Crippen LogP contribution in [-0.4, -0.2) is 25.0 Å². The monoisotopic (exact) mass is 211 g/mol. The predicted molar refractivity (Wildman–Crippen MR) is 52.4 cm³/mol. The number of rotatable bonds is 3. The fourth-order valence-corrected chi connectivity index (χ4v) is 1.10. The van der Waals surface area contributed by atoms with Crippen LogP contribution in [0.3, 0.4) is 0 Å². The van der Waals surface area contributed by atoms with E-state index in [-0.39, 0.29) is 5.76 Å². The average molecular weight is 211 g/mol. The molecule has 0 aliphatic carbocycles. The lowest BCUT2D eigenvalue weighted by atomic mass is 10.2. The van der Waals surface area contributed by atoms with E-state index >= 15 is 0 Å². The summed E-state index contributed by atoms with van der Waals surface area (Å²) in [7, 11) is 1.27. The summed E-state index contributed by atoms with van der Waals surface area (Å²) < 4.78 is 9.45. The molecule has 1 atom stereocenters. The molecule has 1 aromatic heterocycles. The number of aryl methyl sites for hydroxylation is 1. The minimum Gasteiger partial charge on any atom is -0.467 e. The van der Waals surface area contributed by atoms with Gasteiger partial charge in [0.25, 0.3) is 5.91 Å². The van der Waals surface area contributed by atoms with Gasteiger partial charge in [0.1, 0.15) is 6.04 Å². The molecule has 1 rings (SSSR count). The molecule has 1 unspecified atom stereocenters. The molecule has 0 spiro atoms. The minimum atomic E-state index is -0.688. The molecule has 0 fully saturated rings. The number of carbonyl (C=O) groups excluding carboxylic acids is 2. The van der Waals surface area contributed by atoms with Crippen LogP contribution in [0.2, 0.25) is 0 Å². The Hall–Kier alpha value is -1.78. The van der Waals surface area contributed by atoms with Crippen molar-refractivity contribution in [3.8, 4) is 0 Å². The first-order valence-electron chi connectivity index (χ1n) is 4.49. The molecule has 1 aromatic rings. The standard InChI is InChI=1S/C10H13NO4/c1-6-4-5-15-8(6)9(12)11-7(2)10(13)14-3/h4-5,7H,1-3H3,(H,11,12). The zero-order valence-corrected chi connectivity index (χ0v) is 8.87. The smallest absolute Gasteiger partial charge is 0.328 e. The predicted octanol–water partition coefficient (Wildman–Crippen LogP) is 0.879. The first-order chi connectivity index (χ1) is 7.06. The van der Waals surface area contributed by atoms with Gasteiger partial charge in [-0.05, 0) is 19.9 Å². The van der Waals surface area contributed by atoms with Crippen molar-refractivity contribution >= 4 is 11.9 Å². The highest BCUT2D eigenvalue weighted by Crippen LogP contribution is 2.08. The van der Waals surface area contributed by atoms with Crippen molar-refractivity contribution in [1.82, 2.24) is 5.32 Å². The van der Waals surface area contributed by atoms with Crippen LogP contribution in [0.15, 0.2) is 16.7 Å². The second-order valence-corrected chi connectivity index (χ2v) is 3.15. The van der Waals surface area contributed by atoms with Crippen LogP contribution < -0.4 is 5.32 Å². The third-order valence-electron chi connectivity index (χ3n) is 1.97. The lowest BCUT2D eigenvalue weighted by Gasteiger charge is -2.10. The van der Waals surface area contributed by atoms with Crippen molar-refractivity contribution in [1.29, 1.82) is 0 Å². The first-order valence-corrected chi connectivity index (χ1v) is 4.49. The maximum Gasteiger partial charge on any atom is 0.328 e. The Kier molecular flexibility index (Phi) is 3.49. The molecule has 1 amide bonds. The van der Waals surface area contributed by atoms with Gasteiger partial charge in [-0.1, -0.05) is 0 Å². The molecule has 0 saturated carbocycles. The summed E-state index contributed by atoms with van der Waals surface area (Å²) in [5.74, 6) is -0.700. The summed E-state index contributed by atoms with van der Waals surface area (Å²) in [5, 5.41) is 2.47. The summed E-state index contributed by atoms with van der Waals surface area (Å²) in [6, 6.07) is 0.990. The van der Waals surface area contributed by atoms with Crippen LogP contribution in [0.1, 0.15) is 23.0 Å². The van der Waals surface area contributed by atoms with Crippen LogP contribution in [-0.2, 0) is 9.53 Å². The molecule has 0 aromatic carbocycles. The molecule has 0 aliphatic heterocycles. The fourth-order valence-electron chi connectivity index (χ4n) is 1.10. The van der Waals surface area contributed by atoms with Crippen LogP contribution in [0, 0.1) is 6.92 Å². The van der Waals surface area contributed by atoms with Crippen LogP contribution in [0.5, 0.6) is 0 Å². The fraction of sp³-hybridized carbons (Fsp3) is 0.400. The average Bonchev–Trinajstić information content (AvgIpc) is 2.63. The van der Waals surface area contributed by atoms with Crippen LogP contribution in [0.25, 0.3) is 0 Å². The Labute approximate surface area is 87.4 Å². The third kappa shape index (κ3) is 2.59. The lowest BCUT2D eigenvalue weighted by Crippen LogP contribution is -2.39. The van der Waals surface area contributed by atoms with Crippen LogP contribution >= 0.6 is 0 Å². The Morgan fingerprint density at radius 2 is 2.20 bits per heavy atom. The van der Waals surface area contributed by atoms with Crippen molar-refractivity contribution in [2.75, 3.05) is 7.11 Å². The molecule has 1 N–H and O–H groups in total. The Morgan fingerprint density at radius 3 is 2.67 bits per heavy atom. The molecule has 0 bridgehead atoms. The van der Waals surface area contributed by atoms with Gasteiger partial charge in [-0.3, -0.25) is 4.79 Å². The molecule has 15 heavy (non-hydrogen) atoms. The van der Waals surface area contributed by atoms with Gasteiger partial charge in [-0.2, -0.15) is 0 Å². The van der Waals surface area contributed by atoms with E-state index in [0.29, 0.717) is 0 Å². The van der Waals surface area contributed by atoms with Gasteiger partial charge < -0.3 is 14.5 Å². The third-order valence-corrected chi connectivity index (χ3v) is 1.97. The number of methoxy groups -OCH3 is 1. The minimum absolute atomic E-state index is 0.214. The SMILES string of the molecule is COC(=O)C(C)NC(=O)c1occc1C. The number of amides is 1. The normalized spacial score (nSPS) is 11.9. The summed E-state index contributed by atoms with van der Waals surface area (Å²) in [5.41, 5.74) is 0.726. The van der Waals surface area contributed by atoms with Crippen molar-refractivity contribution in [3.05, 3.63) is 23.7 Å². The number of hydrogen-bond acceptors (Lipinski definition) is 4. The van der Waals surface area contributed by atoms with Gasteiger partial charge in [-0.15, -0.1) is 0 Å². The highest BCUT2D eigenvalue weighted by molar-refractivity contribution is 5.95. The molecule has 0 aliphatic rings. The van der Waals surface area contributed by atoms with Crippen LogP contribution in [0.4, 0.5) is 0 Å². The van der Waals surface area contributed by atoms with Crippen molar-refractivity contribution < 1.29 is 18.7 Å². The summed E-state index contributed by atoms with van der Waals surface area (Å²) in [6.45, 7) is 3.29. The summed E-state index contributed by atoms with van der Waals surface area (Å²) in [4.78, 5) is 22.6. The zero-order valence-electron chi connectivity index (χ0n) is 8.87. The van der Waals surface area contributed by atoms with Crippen molar-refractivity contribution in [2.45, 2.75) is 19.9 Å². The Balaban J connectivity index is 2.64.